The van der Waals surface area contributed by atoms with Crippen molar-refractivity contribution in [2.45, 2.75) is 25.3 Å². The maximum atomic E-state index is 12.9. The van der Waals surface area contributed by atoms with Crippen molar-refractivity contribution >= 4 is 28.4 Å². The first kappa shape index (κ1) is 25.3. The van der Waals surface area contributed by atoms with Gasteiger partial charge < -0.3 is 30.6 Å². The number of rotatable bonds is 8. The Labute approximate surface area is 220 Å². The van der Waals surface area contributed by atoms with Crippen molar-refractivity contribution in [3.8, 4) is 28.5 Å². The third kappa shape index (κ3) is 4.92. The van der Waals surface area contributed by atoms with Crippen LogP contribution in [0.1, 0.15) is 24.4 Å². The van der Waals surface area contributed by atoms with Crippen LogP contribution < -0.4 is 30.6 Å². The zero-order valence-electron chi connectivity index (χ0n) is 21.7. The van der Waals surface area contributed by atoms with Gasteiger partial charge in [-0.3, -0.25) is 4.79 Å². The SMILES string of the molecule is COc1cc(-c2nn(C3CCNCC3)c3ncnc(N)c23)ccc1NC(=O)Cc1ccc(OC)c(OC)c1. The molecule has 0 aliphatic carbocycles. The van der Waals surface area contributed by atoms with E-state index in [4.69, 9.17) is 25.0 Å². The Bertz CT molecular complexity index is 1460. The molecule has 1 aliphatic heterocycles. The summed E-state index contributed by atoms with van der Waals surface area (Å²) in [7, 11) is 4.70. The van der Waals surface area contributed by atoms with E-state index >= 15 is 0 Å². The van der Waals surface area contributed by atoms with Crippen molar-refractivity contribution in [3.63, 3.8) is 0 Å². The summed E-state index contributed by atoms with van der Waals surface area (Å²) in [6.07, 6.45) is 3.53. The second-order valence-electron chi connectivity index (χ2n) is 9.06. The van der Waals surface area contributed by atoms with Crippen LogP contribution in [0.4, 0.5) is 11.5 Å². The van der Waals surface area contributed by atoms with E-state index in [-0.39, 0.29) is 18.4 Å². The summed E-state index contributed by atoms with van der Waals surface area (Å²) in [5, 5.41) is 12.0. The number of nitrogens with zero attached hydrogens (tertiary/aromatic N) is 4. The number of carbonyl (C=O) groups excluding carboxylic acids is 1. The van der Waals surface area contributed by atoms with Gasteiger partial charge in [-0.25, -0.2) is 14.6 Å². The van der Waals surface area contributed by atoms with Gasteiger partial charge in [-0.05, 0) is 55.8 Å². The Kier molecular flexibility index (Phi) is 7.27. The lowest BCUT2D eigenvalue weighted by atomic mass is 10.1. The molecule has 198 valence electrons. The smallest absolute Gasteiger partial charge is 0.228 e. The molecule has 1 aliphatic rings. The highest BCUT2D eigenvalue weighted by Gasteiger charge is 2.24. The van der Waals surface area contributed by atoms with Crippen LogP contribution in [0.25, 0.3) is 22.3 Å². The summed E-state index contributed by atoms with van der Waals surface area (Å²) in [5.41, 5.74) is 9.82. The molecule has 0 radical (unpaired) electrons. The van der Waals surface area contributed by atoms with E-state index in [0.717, 1.165) is 37.1 Å². The zero-order valence-corrected chi connectivity index (χ0v) is 21.7. The van der Waals surface area contributed by atoms with Crippen LogP contribution in [0.5, 0.6) is 17.2 Å². The lowest BCUT2D eigenvalue weighted by Crippen LogP contribution is -2.30. The molecule has 1 fully saturated rings. The van der Waals surface area contributed by atoms with Gasteiger partial charge in [-0.15, -0.1) is 0 Å². The van der Waals surface area contributed by atoms with Crippen molar-refractivity contribution in [2.24, 2.45) is 0 Å². The second-order valence-corrected chi connectivity index (χ2v) is 9.06. The minimum atomic E-state index is -0.193. The van der Waals surface area contributed by atoms with Crippen LogP contribution in [0.2, 0.25) is 0 Å². The van der Waals surface area contributed by atoms with Gasteiger partial charge >= 0.3 is 0 Å². The number of fused-ring (bicyclic) bond motifs is 1. The lowest BCUT2D eigenvalue weighted by molar-refractivity contribution is -0.115. The van der Waals surface area contributed by atoms with Crippen LogP contribution in [0.3, 0.4) is 0 Å². The van der Waals surface area contributed by atoms with Crippen LogP contribution in [-0.4, -0.2) is 60.1 Å². The van der Waals surface area contributed by atoms with Crippen molar-refractivity contribution in [3.05, 3.63) is 48.3 Å². The molecule has 11 heteroatoms. The fourth-order valence-electron chi connectivity index (χ4n) is 4.82. The van der Waals surface area contributed by atoms with E-state index in [1.165, 1.54) is 6.33 Å². The average molecular weight is 518 g/mol. The molecule has 0 bridgehead atoms. The molecule has 38 heavy (non-hydrogen) atoms. The Morgan fingerprint density at radius 3 is 2.53 bits per heavy atom. The summed E-state index contributed by atoms with van der Waals surface area (Å²) < 4.78 is 18.2. The molecular formula is C27H31N7O4. The zero-order chi connectivity index (χ0) is 26.6. The molecule has 0 spiro atoms. The fourth-order valence-corrected chi connectivity index (χ4v) is 4.82. The number of piperidine rings is 1. The highest BCUT2D eigenvalue weighted by molar-refractivity contribution is 5.99. The molecule has 1 saturated heterocycles. The van der Waals surface area contributed by atoms with Crippen LogP contribution in [-0.2, 0) is 11.2 Å². The van der Waals surface area contributed by atoms with Gasteiger partial charge in [-0.2, -0.15) is 5.10 Å². The molecule has 0 unspecified atom stereocenters. The highest BCUT2D eigenvalue weighted by Crippen LogP contribution is 2.37. The summed E-state index contributed by atoms with van der Waals surface area (Å²) in [6.45, 7) is 1.85. The second kappa shape index (κ2) is 10.9. The third-order valence-electron chi connectivity index (χ3n) is 6.73. The average Bonchev–Trinajstić information content (AvgIpc) is 3.34. The minimum Gasteiger partial charge on any atom is -0.495 e. The van der Waals surface area contributed by atoms with Crippen LogP contribution in [0.15, 0.2) is 42.7 Å². The number of carbonyl (C=O) groups is 1. The number of hydrogen-bond donors (Lipinski definition) is 3. The van der Waals surface area contributed by atoms with E-state index < -0.39 is 0 Å². The number of nitrogens with one attached hydrogen (secondary N) is 2. The van der Waals surface area contributed by atoms with Crippen molar-refractivity contribution in [1.29, 1.82) is 0 Å². The number of aromatic nitrogens is 4. The molecule has 1 amide bonds. The van der Waals surface area contributed by atoms with Gasteiger partial charge in [0.25, 0.3) is 0 Å². The van der Waals surface area contributed by atoms with Crippen LogP contribution >= 0.6 is 0 Å². The van der Waals surface area contributed by atoms with Gasteiger partial charge in [0.1, 0.15) is 23.6 Å². The van der Waals surface area contributed by atoms with Gasteiger partial charge in [0.2, 0.25) is 5.91 Å². The molecule has 5 rings (SSSR count). The summed E-state index contributed by atoms with van der Waals surface area (Å²) in [5.74, 6) is 1.86. The first-order chi connectivity index (χ1) is 18.5. The van der Waals surface area contributed by atoms with Crippen molar-refractivity contribution < 1.29 is 19.0 Å². The highest BCUT2D eigenvalue weighted by atomic mass is 16.5. The van der Waals surface area contributed by atoms with Gasteiger partial charge in [0.15, 0.2) is 17.1 Å². The largest absolute Gasteiger partial charge is 0.495 e. The lowest BCUT2D eigenvalue weighted by Gasteiger charge is -2.23. The number of anilines is 2. The molecule has 11 nitrogen and oxygen atoms in total. The van der Waals surface area contributed by atoms with Gasteiger partial charge in [0, 0.05) is 5.56 Å². The number of benzene rings is 2. The number of amides is 1. The van der Waals surface area contributed by atoms with Gasteiger partial charge in [-0.1, -0.05) is 12.1 Å². The Hall–Kier alpha value is -4.38. The van der Waals surface area contributed by atoms with E-state index in [9.17, 15) is 4.79 Å². The van der Waals surface area contributed by atoms with Crippen LogP contribution in [0, 0.1) is 0 Å². The molecule has 2 aromatic carbocycles. The quantitative estimate of drug-likeness (QED) is 0.322. The summed E-state index contributed by atoms with van der Waals surface area (Å²) in [6, 6.07) is 11.1. The van der Waals surface area contributed by atoms with E-state index in [0.29, 0.717) is 45.5 Å². The van der Waals surface area contributed by atoms with E-state index in [2.05, 4.69) is 20.6 Å². The first-order valence-corrected chi connectivity index (χ1v) is 12.4. The number of nitrogen functional groups attached to an aromatic ring is 1. The predicted octanol–water partition coefficient (Wildman–Crippen LogP) is 3.21. The minimum absolute atomic E-state index is 0.157. The Balaban J connectivity index is 1.42. The first-order valence-electron chi connectivity index (χ1n) is 12.4. The molecule has 4 N–H and O–H groups in total. The maximum absolute atomic E-state index is 12.9. The Morgan fingerprint density at radius 1 is 1.03 bits per heavy atom. The number of hydrogen-bond acceptors (Lipinski definition) is 9. The molecule has 4 aromatic rings. The molecule has 2 aromatic heterocycles. The monoisotopic (exact) mass is 517 g/mol. The standard InChI is InChI=1S/C27H31N7O4/c1-36-20-7-4-16(12-22(20)38-3)13-23(35)32-19-6-5-17(14-21(19)37-2)25-24-26(28)30-15-31-27(24)34(33-25)18-8-10-29-11-9-18/h4-7,12,14-15,18,29H,8-11,13H2,1-3H3,(H,32,35)(H2,28,30,31). The van der Waals surface area contributed by atoms with E-state index in [1.807, 2.05) is 22.9 Å². The van der Waals surface area contributed by atoms with Crippen molar-refractivity contribution in [2.75, 3.05) is 45.5 Å². The summed E-state index contributed by atoms with van der Waals surface area (Å²) >= 11 is 0. The normalized spacial score (nSPS) is 13.9. The molecule has 0 atom stereocenters. The predicted molar refractivity (Wildman–Crippen MR) is 145 cm³/mol. The molecular weight excluding hydrogens is 486 g/mol. The third-order valence-corrected chi connectivity index (χ3v) is 6.73. The number of nitrogens with two attached hydrogens (primary N) is 1. The fraction of sp³-hybridized carbons (Fsp3) is 0.333. The number of methoxy groups -OCH3 is 3. The van der Waals surface area contributed by atoms with Crippen molar-refractivity contribution in [1.82, 2.24) is 25.1 Å². The molecule has 0 saturated carbocycles. The molecule has 3 heterocycles. The maximum Gasteiger partial charge on any atom is 0.228 e. The number of ether oxygens (including phenoxy) is 3. The topological polar surface area (TPSA) is 138 Å². The van der Waals surface area contributed by atoms with Gasteiger partial charge in [0.05, 0.1) is 44.9 Å². The summed E-state index contributed by atoms with van der Waals surface area (Å²) in [4.78, 5) is 21.6. The Morgan fingerprint density at radius 2 is 1.79 bits per heavy atom. The van der Waals surface area contributed by atoms with E-state index in [1.54, 1.807) is 39.5 Å².